The number of carbonyl (C=O) groups excluding carboxylic acids is 1. The number of hydrogen-bond donors (Lipinski definition) is 1. The summed E-state index contributed by atoms with van der Waals surface area (Å²) in [7, 11) is 1.63. The average molecular weight is 341 g/mol. The second-order valence-corrected chi connectivity index (χ2v) is 6.37. The van der Waals surface area contributed by atoms with Crippen molar-refractivity contribution in [2.75, 3.05) is 13.7 Å². The van der Waals surface area contributed by atoms with Crippen molar-refractivity contribution in [3.63, 3.8) is 0 Å². The van der Waals surface area contributed by atoms with Crippen LogP contribution in [-0.2, 0) is 4.79 Å². The van der Waals surface area contributed by atoms with E-state index in [2.05, 4.69) is 19.2 Å². The highest BCUT2D eigenvalue weighted by Crippen LogP contribution is 2.31. The lowest BCUT2D eigenvalue weighted by Gasteiger charge is -2.29. The van der Waals surface area contributed by atoms with Crippen molar-refractivity contribution in [3.8, 4) is 17.2 Å². The van der Waals surface area contributed by atoms with E-state index in [1.54, 1.807) is 13.2 Å². The van der Waals surface area contributed by atoms with E-state index < -0.39 is 6.10 Å². The molecule has 1 amide bonds. The van der Waals surface area contributed by atoms with Crippen molar-refractivity contribution in [1.29, 1.82) is 0 Å². The van der Waals surface area contributed by atoms with Crippen molar-refractivity contribution in [2.24, 2.45) is 5.92 Å². The number of nitrogens with one attached hydrogen (secondary N) is 1. The topological polar surface area (TPSA) is 56.8 Å². The normalized spacial score (nSPS) is 17.0. The molecule has 0 saturated heterocycles. The van der Waals surface area contributed by atoms with E-state index in [0.717, 1.165) is 11.3 Å². The van der Waals surface area contributed by atoms with Gasteiger partial charge in [0.2, 0.25) is 6.10 Å². The molecule has 0 radical (unpaired) electrons. The second kappa shape index (κ2) is 7.47. The summed E-state index contributed by atoms with van der Waals surface area (Å²) >= 11 is 0. The van der Waals surface area contributed by atoms with Crippen LogP contribution >= 0.6 is 0 Å². The van der Waals surface area contributed by atoms with Gasteiger partial charge in [0.1, 0.15) is 12.4 Å². The smallest absolute Gasteiger partial charge is 0.265 e. The third kappa shape index (κ3) is 3.87. The highest BCUT2D eigenvalue weighted by molar-refractivity contribution is 5.82. The SMILES string of the molecule is COc1ccc([C@@H](NC(=O)[C@H]2COc3ccccc3O2)C(C)C)cc1. The average Bonchev–Trinajstić information content (AvgIpc) is 2.65. The Bertz CT molecular complexity index is 727. The van der Waals surface area contributed by atoms with Crippen molar-refractivity contribution < 1.29 is 19.0 Å². The maximum Gasteiger partial charge on any atom is 0.265 e. The Morgan fingerprint density at radius 1 is 1.12 bits per heavy atom. The fourth-order valence-electron chi connectivity index (χ4n) is 2.84. The predicted molar refractivity (Wildman–Crippen MR) is 95.1 cm³/mol. The summed E-state index contributed by atoms with van der Waals surface area (Å²) in [4.78, 5) is 12.7. The van der Waals surface area contributed by atoms with Crippen LogP contribution in [0.15, 0.2) is 48.5 Å². The maximum atomic E-state index is 12.7. The first-order valence-corrected chi connectivity index (χ1v) is 8.41. The molecule has 0 aliphatic carbocycles. The van der Waals surface area contributed by atoms with Crippen LogP contribution in [0.1, 0.15) is 25.5 Å². The molecule has 0 aromatic heterocycles. The largest absolute Gasteiger partial charge is 0.497 e. The van der Waals surface area contributed by atoms with Gasteiger partial charge in [-0.15, -0.1) is 0 Å². The van der Waals surface area contributed by atoms with Gasteiger partial charge < -0.3 is 19.5 Å². The number of fused-ring (bicyclic) bond motifs is 1. The molecule has 1 heterocycles. The van der Waals surface area contributed by atoms with Gasteiger partial charge in [-0.25, -0.2) is 0 Å². The lowest BCUT2D eigenvalue weighted by Crippen LogP contribution is -2.46. The minimum absolute atomic E-state index is 0.112. The van der Waals surface area contributed by atoms with Gasteiger partial charge in [0.05, 0.1) is 13.2 Å². The van der Waals surface area contributed by atoms with E-state index in [1.807, 2.05) is 42.5 Å². The summed E-state index contributed by atoms with van der Waals surface area (Å²) in [6.07, 6.45) is -0.658. The molecule has 5 heteroatoms. The maximum absolute atomic E-state index is 12.7. The second-order valence-electron chi connectivity index (χ2n) is 6.37. The van der Waals surface area contributed by atoms with Gasteiger partial charge in [0, 0.05) is 0 Å². The summed E-state index contributed by atoms with van der Waals surface area (Å²) in [5.41, 5.74) is 1.03. The Morgan fingerprint density at radius 2 is 1.80 bits per heavy atom. The molecular weight excluding hydrogens is 318 g/mol. The molecule has 0 unspecified atom stereocenters. The molecule has 1 aliphatic heterocycles. The van der Waals surface area contributed by atoms with Crippen molar-refractivity contribution in [2.45, 2.75) is 26.0 Å². The quantitative estimate of drug-likeness (QED) is 0.906. The predicted octanol–water partition coefficient (Wildman–Crippen LogP) is 3.35. The van der Waals surface area contributed by atoms with E-state index in [-0.39, 0.29) is 24.5 Å². The third-order valence-corrected chi connectivity index (χ3v) is 4.24. The Balaban J connectivity index is 1.71. The van der Waals surface area contributed by atoms with Crippen LogP contribution in [0.4, 0.5) is 0 Å². The molecule has 1 N–H and O–H groups in total. The summed E-state index contributed by atoms with van der Waals surface area (Å²) in [6, 6.07) is 15.0. The van der Waals surface area contributed by atoms with Crippen LogP contribution in [-0.4, -0.2) is 25.7 Å². The number of amides is 1. The minimum atomic E-state index is -0.658. The van der Waals surface area contributed by atoms with Crippen LogP contribution in [0, 0.1) is 5.92 Å². The molecule has 25 heavy (non-hydrogen) atoms. The summed E-state index contributed by atoms with van der Waals surface area (Å²) in [6.45, 7) is 4.35. The standard InChI is InChI=1S/C20H23NO4/c1-13(2)19(14-8-10-15(23-3)11-9-14)21-20(22)18-12-24-16-6-4-5-7-17(16)25-18/h4-11,13,18-19H,12H2,1-3H3,(H,21,22)/t18-,19+/m1/s1. The van der Waals surface area contributed by atoms with E-state index in [9.17, 15) is 4.79 Å². The zero-order valence-corrected chi connectivity index (χ0v) is 14.7. The highest BCUT2D eigenvalue weighted by atomic mass is 16.6. The van der Waals surface area contributed by atoms with E-state index >= 15 is 0 Å². The zero-order valence-electron chi connectivity index (χ0n) is 14.7. The monoisotopic (exact) mass is 341 g/mol. The van der Waals surface area contributed by atoms with Crippen LogP contribution in [0.5, 0.6) is 17.2 Å². The Labute approximate surface area is 147 Å². The Kier molecular flexibility index (Phi) is 5.12. The fourth-order valence-corrected chi connectivity index (χ4v) is 2.84. The summed E-state index contributed by atoms with van der Waals surface area (Å²) < 4.78 is 16.6. The lowest BCUT2D eigenvalue weighted by atomic mass is 9.95. The van der Waals surface area contributed by atoms with Crippen molar-refractivity contribution in [3.05, 3.63) is 54.1 Å². The summed E-state index contributed by atoms with van der Waals surface area (Å²) in [5, 5.41) is 3.09. The third-order valence-electron chi connectivity index (χ3n) is 4.24. The van der Waals surface area contributed by atoms with Crippen molar-refractivity contribution >= 4 is 5.91 Å². The summed E-state index contributed by atoms with van der Waals surface area (Å²) in [5.74, 6) is 2.11. The number of methoxy groups -OCH3 is 1. The molecule has 2 atom stereocenters. The molecule has 2 aromatic rings. The highest BCUT2D eigenvalue weighted by Gasteiger charge is 2.30. The Morgan fingerprint density at radius 3 is 2.44 bits per heavy atom. The van der Waals surface area contributed by atoms with Gasteiger partial charge in [-0.2, -0.15) is 0 Å². The molecule has 1 aliphatic rings. The van der Waals surface area contributed by atoms with Crippen LogP contribution in [0.2, 0.25) is 0 Å². The van der Waals surface area contributed by atoms with Crippen LogP contribution in [0.3, 0.4) is 0 Å². The van der Waals surface area contributed by atoms with Gasteiger partial charge in [0.15, 0.2) is 11.5 Å². The van der Waals surface area contributed by atoms with Gasteiger partial charge in [-0.1, -0.05) is 38.1 Å². The molecule has 0 bridgehead atoms. The fraction of sp³-hybridized carbons (Fsp3) is 0.350. The minimum Gasteiger partial charge on any atom is -0.497 e. The van der Waals surface area contributed by atoms with E-state index in [4.69, 9.17) is 14.2 Å². The van der Waals surface area contributed by atoms with E-state index in [0.29, 0.717) is 11.5 Å². The van der Waals surface area contributed by atoms with Crippen LogP contribution in [0.25, 0.3) is 0 Å². The first kappa shape index (κ1) is 17.1. The lowest BCUT2D eigenvalue weighted by molar-refractivity contribution is -0.131. The van der Waals surface area contributed by atoms with Gasteiger partial charge >= 0.3 is 0 Å². The van der Waals surface area contributed by atoms with Gasteiger partial charge in [-0.3, -0.25) is 4.79 Å². The van der Waals surface area contributed by atoms with Gasteiger partial charge in [-0.05, 0) is 35.7 Å². The number of benzene rings is 2. The number of rotatable bonds is 5. The first-order chi connectivity index (χ1) is 12.1. The number of ether oxygens (including phenoxy) is 3. The molecular formula is C20H23NO4. The molecule has 3 rings (SSSR count). The first-order valence-electron chi connectivity index (χ1n) is 8.41. The number of carbonyl (C=O) groups is 1. The molecule has 0 saturated carbocycles. The molecule has 0 fully saturated rings. The molecule has 0 spiro atoms. The molecule has 5 nitrogen and oxygen atoms in total. The van der Waals surface area contributed by atoms with Gasteiger partial charge in [0.25, 0.3) is 5.91 Å². The zero-order chi connectivity index (χ0) is 17.8. The molecule has 132 valence electrons. The number of hydrogen-bond acceptors (Lipinski definition) is 4. The molecule has 2 aromatic carbocycles. The van der Waals surface area contributed by atoms with Crippen molar-refractivity contribution in [1.82, 2.24) is 5.32 Å². The Hall–Kier alpha value is -2.69. The van der Waals surface area contributed by atoms with E-state index in [1.165, 1.54) is 0 Å². The van der Waals surface area contributed by atoms with Crippen LogP contribution < -0.4 is 19.5 Å². The number of para-hydroxylation sites is 2.